The first kappa shape index (κ1) is 25.6. The number of hydrogen-bond donors (Lipinski definition) is 2. The molecule has 3 aromatic rings. The maximum Gasteiger partial charge on any atom is 0.242 e. The van der Waals surface area contributed by atoms with Crippen LogP contribution in [0.1, 0.15) is 45.0 Å². The van der Waals surface area contributed by atoms with Crippen molar-refractivity contribution in [3.05, 3.63) is 23.5 Å². The molecule has 3 aromatic heterocycles. The molecule has 0 amide bonds. The molecule has 13 heteroatoms. The average Bonchev–Trinajstić information content (AvgIpc) is 3.62. The summed E-state index contributed by atoms with van der Waals surface area (Å²) in [6.45, 7) is 8.11. The normalized spacial score (nSPS) is 28.4. The molecular weight excluding hydrogens is 524 g/mol. The SMILES string of the molecule is COC[C@@H]1C[C@]1(C)NS(=O)(=O)c1cc(N2C[C@H](C)N[C@@H](C)C2)c2ncc(-c3nnc(C4(C#N)CC4)s3)n2c1. The Morgan fingerprint density at radius 1 is 1.29 bits per heavy atom. The van der Waals surface area contributed by atoms with Crippen molar-refractivity contribution in [2.75, 3.05) is 31.7 Å². The number of nitriles is 1. The lowest BCUT2D eigenvalue weighted by Gasteiger charge is -2.37. The van der Waals surface area contributed by atoms with Gasteiger partial charge in [0.05, 0.1) is 24.6 Å². The van der Waals surface area contributed by atoms with Gasteiger partial charge in [0.1, 0.15) is 21.0 Å². The van der Waals surface area contributed by atoms with Crippen molar-refractivity contribution < 1.29 is 13.2 Å². The fourth-order valence-corrected chi connectivity index (χ4v) is 8.05. The number of sulfonamides is 1. The zero-order valence-corrected chi connectivity index (χ0v) is 23.6. The van der Waals surface area contributed by atoms with Gasteiger partial charge in [-0.05, 0) is 46.1 Å². The van der Waals surface area contributed by atoms with Crippen molar-refractivity contribution >= 4 is 32.7 Å². The van der Waals surface area contributed by atoms with Crippen LogP contribution in [0.5, 0.6) is 0 Å². The van der Waals surface area contributed by atoms with Gasteiger partial charge < -0.3 is 15.0 Å². The monoisotopic (exact) mass is 556 g/mol. The Hall–Kier alpha value is -2.63. The zero-order chi connectivity index (χ0) is 26.9. The highest BCUT2D eigenvalue weighted by Crippen LogP contribution is 2.49. The highest BCUT2D eigenvalue weighted by molar-refractivity contribution is 7.89. The van der Waals surface area contributed by atoms with Crippen molar-refractivity contribution in [1.82, 2.24) is 29.6 Å². The van der Waals surface area contributed by atoms with E-state index in [0.717, 1.165) is 38.0 Å². The van der Waals surface area contributed by atoms with Gasteiger partial charge in [0, 0.05) is 49.9 Å². The van der Waals surface area contributed by atoms with E-state index in [1.807, 2.05) is 6.92 Å². The summed E-state index contributed by atoms with van der Waals surface area (Å²) in [7, 11) is -2.22. The Balaban J connectivity index is 1.45. The molecule has 2 aliphatic carbocycles. The van der Waals surface area contributed by atoms with E-state index >= 15 is 0 Å². The molecule has 11 nitrogen and oxygen atoms in total. The predicted octanol–water partition coefficient (Wildman–Crippen LogP) is 2.30. The Kier molecular flexibility index (Phi) is 6.04. The standard InChI is InChI=1S/C25H32N8O3S2/c1-15-10-32(11-16(2)28-15)19-7-18(38(34,35)31-24(3)8-17(24)13-36-4)12-33-20(9-27-21(19)33)22-29-30-23(37-22)25(14-26)5-6-25/h7,9,12,15-17,28,31H,5-6,8,10-11,13H2,1-4H3/t15-,16-,17-,24-/m0/s1. The molecule has 0 unspecified atom stereocenters. The summed E-state index contributed by atoms with van der Waals surface area (Å²) in [6, 6.07) is 4.57. The van der Waals surface area contributed by atoms with E-state index < -0.39 is 21.0 Å². The highest BCUT2D eigenvalue weighted by Gasteiger charge is 2.52. The van der Waals surface area contributed by atoms with Crippen molar-refractivity contribution in [3.63, 3.8) is 0 Å². The van der Waals surface area contributed by atoms with Crippen molar-refractivity contribution in [1.29, 1.82) is 5.26 Å². The quantitative estimate of drug-likeness (QED) is 0.428. The fraction of sp³-hybridized carbons (Fsp3) is 0.600. The second kappa shape index (κ2) is 8.96. The Labute approximate surface area is 226 Å². The van der Waals surface area contributed by atoms with Gasteiger partial charge in [-0.3, -0.25) is 4.40 Å². The van der Waals surface area contributed by atoms with E-state index in [1.54, 1.807) is 30.0 Å². The van der Waals surface area contributed by atoms with Crippen LogP contribution in [0.15, 0.2) is 23.4 Å². The summed E-state index contributed by atoms with van der Waals surface area (Å²) in [5.41, 5.74) is 0.999. The number of rotatable bonds is 8. The van der Waals surface area contributed by atoms with Crippen LogP contribution in [-0.2, 0) is 20.2 Å². The minimum absolute atomic E-state index is 0.138. The summed E-state index contributed by atoms with van der Waals surface area (Å²) in [5, 5.41) is 23.1. The molecule has 6 rings (SSSR count). The molecule has 3 fully saturated rings. The molecule has 4 atom stereocenters. The largest absolute Gasteiger partial charge is 0.384 e. The van der Waals surface area contributed by atoms with Crippen LogP contribution in [0.25, 0.3) is 16.3 Å². The Bertz CT molecular complexity index is 1530. The molecule has 0 radical (unpaired) electrons. The number of anilines is 1. The number of nitrogens with one attached hydrogen (secondary N) is 2. The van der Waals surface area contributed by atoms with E-state index in [0.29, 0.717) is 28.0 Å². The molecule has 0 spiro atoms. The molecule has 202 valence electrons. The maximum atomic E-state index is 13.7. The second-order valence-corrected chi connectivity index (χ2v) is 13.9. The first-order chi connectivity index (χ1) is 18.1. The van der Waals surface area contributed by atoms with Gasteiger partial charge in [0.25, 0.3) is 0 Å². The van der Waals surface area contributed by atoms with Crippen LogP contribution in [0, 0.1) is 17.2 Å². The molecule has 0 aromatic carbocycles. The molecule has 38 heavy (non-hydrogen) atoms. The minimum Gasteiger partial charge on any atom is -0.384 e. The summed E-state index contributed by atoms with van der Waals surface area (Å²) in [5.74, 6) is 0.138. The van der Waals surface area contributed by atoms with Crippen LogP contribution in [0.4, 0.5) is 5.69 Å². The van der Waals surface area contributed by atoms with Gasteiger partial charge in [-0.2, -0.15) is 5.26 Å². The molecule has 2 N–H and O–H groups in total. The van der Waals surface area contributed by atoms with Gasteiger partial charge in [-0.25, -0.2) is 18.1 Å². The van der Waals surface area contributed by atoms with Gasteiger partial charge in [0.15, 0.2) is 10.7 Å². The number of nitrogens with zero attached hydrogens (tertiary/aromatic N) is 6. The van der Waals surface area contributed by atoms with Crippen LogP contribution in [-0.4, -0.2) is 72.4 Å². The van der Waals surface area contributed by atoms with Crippen LogP contribution in [0.2, 0.25) is 0 Å². The lowest BCUT2D eigenvalue weighted by molar-refractivity contribution is 0.178. The van der Waals surface area contributed by atoms with E-state index in [-0.39, 0.29) is 22.9 Å². The number of imidazole rings is 1. The number of methoxy groups -OCH3 is 1. The Morgan fingerprint density at radius 3 is 2.68 bits per heavy atom. The van der Waals surface area contributed by atoms with Crippen LogP contribution >= 0.6 is 11.3 Å². The molecular formula is C25H32N8O3S2. The first-order valence-corrected chi connectivity index (χ1v) is 15.2. The summed E-state index contributed by atoms with van der Waals surface area (Å²) in [4.78, 5) is 7.08. The molecule has 3 aliphatic rings. The Morgan fingerprint density at radius 2 is 2.03 bits per heavy atom. The zero-order valence-electron chi connectivity index (χ0n) is 21.9. The predicted molar refractivity (Wildman–Crippen MR) is 144 cm³/mol. The molecule has 0 bridgehead atoms. The fourth-order valence-electron chi connectivity index (χ4n) is 5.51. The number of fused-ring (bicyclic) bond motifs is 1. The summed E-state index contributed by atoms with van der Waals surface area (Å²) < 4.78 is 37.4. The van der Waals surface area contributed by atoms with Crippen molar-refractivity contribution in [3.8, 4) is 16.8 Å². The average molecular weight is 557 g/mol. The number of aromatic nitrogens is 4. The smallest absolute Gasteiger partial charge is 0.242 e. The van der Waals surface area contributed by atoms with E-state index in [2.05, 4.69) is 45.1 Å². The second-order valence-electron chi connectivity index (χ2n) is 11.3. The topological polar surface area (TPSA) is 138 Å². The number of pyridine rings is 1. The number of piperazine rings is 1. The third-order valence-corrected chi connectivity index (χ3v) is 10.7. The van der Waals surface area contributed by atoms with Gasteiger partial charge in [0.2, 0.25) is 10.0 Å². The summed E-state index contributed by atoms with van der Waals surface area (Å²) in [6.07, 6.45) is 5.63. The van der Waals surface area contributed by atoms with Crippen LogP contribution in [0.3, 0.4) is 0 Å². The van der Waals surface area contributed by atoms with Crippen molar-refractivity contribution in [2.24, 2.45) is 5.92 Å². The lowest BCUT2D eigenvalue weighted by atomic mass is 10.1. The number of ether oxygens (including phenoxy) is 1. The number of hydrogen-bond acceptors (Lipinski definition) is 10. The van der Waals surface area contributed by atoms with E-state index in [9.17, 15) is 13.7 Å². The first-order valence-electron chi connectivity index (χ1n) is 12.9. The minimum atomic E-state index is -3.85. The highest BCUT2D eigenvalue weighted by atomic mass is 32.2. The molecule has 1 aliphatic heterocycles. The molecule has 1 saturated heterocycles. The van der Waals surface area contributed by atoms with Crippen molar-refractivity contribution in [2.45, 2.75) is 68.0 Å². The molecule has 4 heterocycles. The van der Waals surface area contributed by atoms with Gasteiger partial charge in [-0.15, -0.1) is 10.2 Å². The van der Waals surface area contributed by atoms with Gasteiger partial charge in [-0.1, -0.05) is 11.3 Å². The van der Waals surface area contributed by atoms with Crippen LogP contribution < -0.4 is 14.9 Å². The third kappa shape index (κ3) is 4.38. The van der Waals surface area contributed by atoms with E-state index in [1.165, 1.54) is 11.3 Å². The molecule has 2 saturated carbocycles. The maximum absolute atomic E-state index is 13.7. The summed E-state index contributed by atoms with van der Waals surface area (Å²) >= 11 is 1.37. The van der Waals surface area contributed by atoms with E-state index in [4.69, 9.17) is 9.72 Å². The van der Waals surface area contributed by atoms with Gasteiger partial charge >= 0.3 is 0 Å². The third-order valence-electron chi connectivity index (χ3n) is 7.93. The lowest BCUT2D eigenvalue weighted by Crippen LogP contribution is -2.54.